The fourth-order valence-electron chi connectivity index (χ4n) is 3.49. The van der Waals surface area contributed by atoms with Crippen LogP contribution in [-0.2, 0) is 20.9 Å². The minimum absolute atomic E-state index is 0.0671. The fraction of sp³-hybridized carbons (Fsp3) is 0.208. The van der Waals surface area contributed by atoms with E-state index >= 15 is 0 Å². The third-order valence-corrected chi connectivity index (χ3v) is 8.12. The lowest BCUT2D eigenvalue weighted by molar-refractivity contribution is -0.142. The number of carboxylic acid groups (broad SMARTS) is 2. The summed E-state index contributed by atoms with van der Waals surface area (Å²) in [6.45, 7) is 1.78. The Labute approximate surface area is 249 Å². The second-order valence-electron chi connectivity index (χ2n) is 8.16. The Morgan fingerprint density at radius 1 is 1.24 bits per heavy atom. The number of nitrogens with zero attached hydrogens (tertiary/aromatic N) is 4. The summed E-state index contributed by atoms with van der Waals surface area (Å²) in [5.74, 6) is -2.93. The summed E-state index contributed by atoms with van der Waals surface area (Å²) in [5, 5.41) is 27.4. The van der Waals surface area contributed by atoms with Crippen LogP contribution in [0.5, 0.6) is 5.75 Å². The van der Waals surface area contributed by atoms with E-state index in [2.05, 4.69) is 25.7 Å². The molecule has 1 atom stereocenters. The van der Waals surface area contributed by atoms with Gasteiger partial charge in [0.15, 0.2) is 8.29 Å². The van der Waals surface area contributed by atoms with Crippen LogP contribution < -0.4 is 15.4 Å². The van der Waals surface area contributed by atoms with Gasteiger partial charge in [-0.25, -0.2) is 19.0 Å². The zero-order chi connectivity index (χ0) is 29.7. The Balaban J connectivity index is 1.58. The number of carboxylic acids is 2. The fourth-order valence-corrected chi connectivity index (χ4v) is 6.16. The Morgan fingerprint density at radius 2 is 2.02 bits per heavy atom. The normalized spacial score (nSPS) is 11.7. The smallest absolute Gasteiger partial charge is 0.317 e. The molecule has 12 nitrogen and oxygen atoms in total. The van der Waals surface area contributed by atoms with Crippen LogP contribution >= 0.6 is 46.9 Å². The van der Waals surface area contributed by atoms with E-state index in [1.54, 1.807) is 19.1 Å². The van der Waals surface area contributed by atoms with Crippen LogP contribution in [-0.4, -0.2) is 59.7 Å². The molecule has 2 aromatic carbocycles. The predicted molar refractivity (Wildman–Crippen MR) is 155 cm³/mol. The molecule has 0 aliphatic rings. The maximum atomic E-state index is 13.6. The van der Waals surface area contributed by atoms with E-state index in [1.807, 2.05) is 0 Å². The van der Waals surface area contributed by atoms with Gasteiger partial charge in [0.25, 0.3) is 0 Å². The molecule has 2 heterocycles. The third kappa shape index (κ3) is 7.66. The first-order chi connectivity index (χ1) is 19.5. The van der Waals surface area contributed by atoms with Crippen LogP contribution in [0.2, 0.25) is 5.02 Å². The minimum Gasteiger partial charge on any atom is -0.492 e. The van der Waals surface area contributed by atoms with Gasteiger partial charge >= 0.3 is 11.9 Å². The molecule has 0 fully saturated rings. The van der Waals surface area contributed by atoms with E-state index in [0.29, 0.717) is 40.5 Å². The highest BCUT2D eigenvalue weighted by atomic mass is 35.5. The number of hydrogen-bond donors (Lipinski definition) is 4. The van der Waals surface area contributed by atoms with Gasteiger partial charge in [-0.2, -0.15) is 5.10 Å². The molecule has 0 bridgehead atoms. The summed E-state index contributed by atoms with van der Waals surface area (Å²) in [4.78, 5) is 43.9. The molecule has 1 amide bonds. The largest absolute Gasteiger partial charge is 0.492 e. The molecule has 0 spiro atoms. The zero-order valence-corrected chi connectivity index (χ0v) is 24.2. The van der Waals surface area contributed by atoms with Crippen molar-refractivity contribution < 1.29 is 33.7 Å². The van der Waals surface area contributed by atoms with Crippen molar-refractivity contribution in [2.75, 3.05) is 17.2 Å². The number of ether oxygens (including phenoxy) is 1. The van der Waals surface area contributed by atoms with Gasteiger partial charge in [-0.15, -0.1) is 0 Å². The number of aliphatic carboxylic acids is 2. The Kier molecular flexibility index (Phi) is 9.69. The predicted octanol–water partition coefficient (Wildman–Crippen LogP) is 5.21. The molecule has 0 saturated carbocycles. The van der Waals surface area contributed by atoms with Crippen molar-refractivity contribution in [2.24, 2.45) is 0 Å². The van der Waals surface area contributed by atoms with E-state index in [4.69, 9.17) is 33.7 Å². The maximum Gasteiger partial charge on any atom is 0.317 e. The molecule has 4 N–H and O–H groups in total. The quantitative estimate of drug-likeness (QED) is 0.118. The molecule has 2 aromatic heterocycles. The molecule has 17 heteroatoms. The van der Waals surface area contributed by atoms with Crippen LogP contribution in [0.25, 0.3) is 10.9 Å². The standard InChI is InChI=1S/C24H20ClFN6O6S3/c1-2-38-17-7-15-12(21(28-10-27-15)29-11-3-4-14(26)13(25)5-11)6-16(17)30-19(33)9-32-24(39)41-23(31-32)40-18(22(36)37)8-20(34)35/h3-7,10,18H,2,8-9H2,1H3,(H,30,33)(H,34,35)(H,36,37)(H,27,28,29). The van der Waals surface area contributed by atoms with Gasteiger partial charge in [0, 0.05) is 17.1 Å². The monoisotopic (exact) mass is 638 g/mol. The minimum atomic E-state index is -1.30. The van der Waals surface area contributed by atoms with Crippen LogP contribution in [0, 0.1) is 9.77 Å². The number of aromatic nitrogens is 4. The SMILES string of the molecule is CCOc1cc2ncnc(Nc3ccc(F)c(Cl)c3)c2cc1NC(=O)Cn1nc(SC(CC(=O)O)C(=O)O)sc1=S. The number of thioether (sulfide) groups is 1. The Bertz CT molecular complexity index is 1700. The van der Waals surface area contributed by atoms with Crippen molar-refractivity contribution in [1.29, 1.82) is 0 Å². The maximum absolute atomic E-state index is 13.6. The Hall–Kier alpha value is -3.86. The van der Waals surface area contributed by atoms with Gasteiger partial charge in [0.05, 0.1) is 29.3 Å². The van der Waals surface area contributed by atoms with Crippen molar-refractivity contribution in [3.05, 3.63) is 51.5 Å². The summed E-state index contributed by atoms with van der Waals surface area (Å²) in [5.41, 5.74) is 1.30. The molecule has 0 aliphatic heterocycles. The molecule has 0 saturated heterocycles. The highest BCUT2D eigenvalue weighted by Gasteiger charge is 2.24. The molecule has 4 aromatic rings. The van der Waals surface area contributed by atoms with E-state index in [9.17, 15) is 23.9 Å². The number of carbonyl (C=O) groups is 3. The first-order valence-electron chi connectivity index (χ1n) is 11.7. The molecule has 41 heavy (non-hydrogen) atoms. The lowest BCUT2D eigenvalue weighted by atomic mass is 10.1. The van der Waals surface area contributed by atoms with Crippen LogP contribution in [0.4, 0.5) is 21.6 Å². The molecular weight excluding hydrogens is 619 g/mol. The number of benzene rings is 2. The van der Waals surface area contributed by atoms with E-state index < -0.39 is 35.3 Å². The summed E-state index contributed by atoms with van der Waals surface area (Å²) >= 11 is 12.9. The van der Waals surface area contributed by atoms with Gasteiger partial charge < -0.3 is 25.6 Å². The van der Waals surface area contributed by atoms with Crippen LogP contribution in [0.1, 0.15) is 13.3 Å². The van der Waals surface area contributed by atoms with Crippen LogP contribution in [0.3, 0.4) is 0 Å². The summed E-state index contributed by atoms with van der Waals surface area (Å²) in [7, 11) is 0. The second-order valence-corrected chi connectivity index (χ2v) is 11.6. The van der Waals surface area contributed by atoms with Crippen LogP contribution in [0.15, 0.2) is 41.0 Å². The average molecular weight is 639 g/mol. The zero-order valence-electron chi connectivity index (χ0n) is 21.0. The lowest BCUT2D eigenvalue weighted by Crippen LogP contribution is -2.21. The van der Waals surface area contributed by atoms with Gasteiger partial charge in [0.1, 0.15) is 35.5 Å². The van der Waals surface area contributed by atoms with Gasteiger partial charge in [-0.3, -0.25) is 14.4 Å². The second kappa shape index (κ2) is 13.2. The number of fused-ring (bicyclic) bond motifs is 1. The number of rotatable bonds is 12. The van der Waals surface area contributed by atoms with Crippen molar-refractivity contribution >= 4 is 92.9 Å². The number of carbonyl (C=O) groups excluding carboxylic acids is 1. The number of anilines is 3. The van der Waals surface area contributed by atoms with Crippen molar-refractivity contribution in [1.82, 2.24) is 19.7 Å². The molecule has 214 valence electrons. The molecule has 0 radical (unpaired) electrons. The highest BCUT2D eigenvalue weighted by Crippen LogP contribution is 2.34. The van der Waals surface area contributed by atoms with Crippen molar-refractivity contribution in [2.45, 2.75) is 29.5 Å². The van der Waals surface area contributed by atoms with E-state index in [1.165, 1.54) is 29.2 Å². The van der Waals surface area contributed by atoms with Crippen molar-refractivity contribution in [3.8, 4) is 5.75 Å². The highest BCUT2D eigenvalue weighted by molar-refractivity contribution is 8.02. The average Bonchev–Trinajstić information content (AvgIpc) is 3.24. The molecule has 0 aliphatic carbocycles. The number of hydrogen-bond acceptors (Lipinski definition) is 11. The first-order valence-corrected chi connectivity index (χ1v) is 14.1. The number of amides is 1. The summed E-state index contributed by atoms with van der Waals surface area (Å²) < 4.78 is 20.9. The van der Waals surface area contributed by atoms with E-state index in [0.717, 1.165) is 23.1 Å². The first kappa shape index (κ1) is 30.1. The topological polar surface area (TPSA) is 169 Å². The van der Waals surface area contributed by atoms with Crippen molar-refractivity contribution in [3.63, 3.8) is 0 Å². The molecular formula is C24H20ClFN6O6S3. The number of halogens is 2. The molecule has 4 rings (SSSR count). The summed E-state index contributed by atoms with van der Waals surface area (Å²) in [6.07, 6.45) is 0.735. The van der Waals surface area contributed by atoms with Gasteiger partial charge in [-0.1, -0.05) is 34.7 Å². The van der Waals surface area contributed by atoms with E-state index in [-0.39, 0.29) is 19.9 Å². The van der Waals surface area contributed by atoms with Gasteiger partial charge in [-0.05, 0) is 43.4 Å². The van der Waals surface area contributed by atoms with Gasteiger partial charge in [0.2, 0.25) is 5.91 Å². The summed E-state index contributed by atoms with van der Waals surface area (Å²) in [6, 6.07) is 7.38. The molecule has 1 unspecified atom stereocenters. The lowest BCUT2D eigenvalue weighted by Gasteiger charge is -2.15. The third-order valence-electron chi connectivity index (χ3n) is 5.25. The Morgan fingerprint density at radius 3 is 2.71 bits per heavy atom. The number of nitrogens with one attached hydrogen (secondary N) is 2.